The number of carbonyl (C=O) groups excluding carboxylic acids is 2. The summed E-state index contributed by atoms with van der Waals surface area (Å²) < 4.78 is 33.0. The van der Waals surface area contributed by atoms with Gasteiger partial charge in [-0.3, -0.25) is 9.59 Å². The first kappa shape index (κ1) is 17.6. The van der Waals surface area contributed by atoms with Gasteiger partial charge in [0.1, 0.15) is 43.5 Å². The van der Waals surface area contributed by atoms with Crippen molar-refractivity contribution in [1.29, 1.82) is 0 Å². The normalized spacial score (nSPS) is 42.5. The lowest BCUT2D eigenvalue weighted by Crippen LogP contribution is -2.60. The highest BCUT2D eigenvalue weighted by Gasteiger charge is 2.69. The van der Waals surface area contributed by atoms with Crippen LogP contribution in [0.15, 0.2) is 0 Å². The number of rotatable bonds is 4. The molecule has 136 valence electrons. The van der Waals surface area contributed by atoms with Crippen LogP contribution in [0.4, 0.5) is 0 Å². The van der Waals surface area contributed by atoms with Crippen LogP contribution in [0.2, 0.25) is 0 Å². The predicted molar refractivity (Wildman–Crippen MR) is 75.6 cm³/mol. The van der Waals surface area contributed by atoms with Gasteiger partial charge in [0.25, 0.3) is 0 Å². The van der Waals surface area contributed by atoms with Crippen LogP contribution in [0.1, 0.15) is 27.2 Å². The molecule has 9 nitrogen and oxygen atoms in total. The summed E-state index contributed by atoms with van der Waals surface area (Å²) in [5.74, 6) is -3.45. The van der Waals surface area contributed by atoms with Gasteiger partial charge in [0.05, 0.1) is 7.11 Å². The fraction of sp³-hybridized carbons (Fsp3) is 0.867. The fourth-order valence-corrected chi connectivity index (χ4v) is 3.43. The Labute approximate surface area is 139 Å². The Bertz CT molecular complexity index is 533. The third-order valence-corrected chi connectivity index (χ3v) is 4.36. The van der Waals surface area contributed by atoms with Crippen molar-refractivity contribution in [2.75, 3.05) is 13.7 Å². The van der Waals surface area contributed by atoms with Gasteiger partial charge in [-0.2, -0.15) is 0 Å². The number of ether oxygens (including phenoxy) is 6. The Balaban J connectivity index is 1.88. The summed E-state index contributed by atoms with van der Waals surface area (Å²) in [6.45, 7) is 4.57. The molecule has 0 saturated carbocycles. The molecular weight excluding hydrogens is 324 g/mol. The van der Waals surface area contributed by atoms with Crippen molar-refractivity contribution in [2.24, 2.45) is 0 Å². The Hall–Kier alpha value is -1.26. The summed E-state index contributed by atoms with van der Waals surface area (Å²) in [5, 5.41) is 10.6. The highest BCUT2D eigenvalue weighted by atomic mass is 16.8. The molecule has 0 aromatic carbocycles. The molecule has 0 amide bonds. The Kier molecular flexibility index (Phi) is 4.33. The monoisotopic (exact) mass is 346 g/mol. The van der Waals surface area contributed by atoms with Crippen molar-refractivity contribution in [1.82, 2.24) is 0 Å². The smallest absolute Gasteiger partial charge is 0.311 e. The lowest BCUT2D eigenvalue weighted by molar-refractivity contribution is -0.278. The number of fused-ring (bicyclic) bond motifs is 4. The quantitative estimate of drug-likeness (QED) is 0.673. The minimum Gasteiger partial charge on any atom is -0.469 e. The Morgan fingerprint density at radius 3 is 2.46 bits per heavy atom. The van der Waals surface area contributed by atoms with E-state index >= 15 is 0 Å². The van der Waals surface area contributed by atoms with Crippen LogP contribution in [-0.2, 0) is 38.0 Å². The first-order valence-corrected chi connectivity index (χ1v) is 7.77. The molecule has 0 radical (unpaired) electrons. The topological polar surface area (TPSA) is 110 Å². The van der Waals surface area contributed by atoms with Crippen LogP contribution in [0, 0.1) is 0 Å². The summed E-state index contributed by atoms with van der Waals surface area (Å²) >= 11 is 0. The maximum absolute atomic E-state index is 11.8. The van der Waals surface area contributed by atoms with E-state index in [0.29, 0.717) is 0 Å². The number of hydrogen-bond acceptors (Lipinski definition) is 9. The van der Waals surface area contributed by atoms with Crippen molar-refractivity contribution in [3.05, 3.63) is 0 Å². The van der Waals surface area contributed by atoms with Crippen LogP contribution in [0.25, 0.3) is 0 Å². The first-order chi connectivity index (χ1) is 11.2. The molecule has 3 fully saturated rings. The molecule has 3 heterocycles. The number of aliphatic hydroxyl groups excluding tert-OH is 1. The van der Waals surface area contributed by atoms with E-state index in [1.54, 1.807) is 13.8 Å². The van der Waals surface area contributed by atoms with E-state index in [1.165, 1.54) is 14.0 Å². The Morgan fingerprint density at radius 1 is 1.12 bits per heavy atom. The van der Waals surface area contributed by atoms with Crippen LogP contribution >= 0.6 is 0 Å². The van der Waals surface area contributed by atoms with E-state index in [2.05, 4.69) is 0 Å². The summed E-state index contributed by atoms with van der Waals surface area (Å²) in [6, 6.07) is 0. The van der Waals surface area contributed by atoms with Crippen LogP contribution in [-0.4, -0.2) is 72.9 Å². The number of esters is 2. The lowest BCUT2D eigenvalue weighted by Gasteiger charge is -2.39. The minimum atomic E-state index is -1.46. The molecule has 24 heavy (non-hydrogen) atoms. The molecular formula is C15H22O9. The second-order valence-electron chi connectivity index (χ2n) is 6.62. The number of methoxy groups -OCH3 is 1. The third kappa shape index (κ3) is 2.91. The van der Waals surface area contributed by atoms with Gasteiger partial charge >= 0.3 is 11.9 Å². The van der Waals surface area contributed by atoms with Gasteiger partial charge < -0.3 is 33.5 Å². The van der Waals surface area contributed by atoms with Gasteiger partial charge in [-0.05, 0) is 13.8 Å². The largest absolute Gasteiger partial charge is 0.469 e. The van der Waals surface area contributed by atoms with E-state index < -0.39 is 54.0 Å². The van der Waals surface area contributed by atoms with Crippen molar-refractivity contribution in [3.8, 4) is 0 Å². The molecule has 2 bridgehead atoms. The lowest BCUT2D eigenvalue weighted by atomic mass is 9.91. The standard InChI is InChI=1S/C15H22O9/c1-7(16)20-6-8-11-10(18)12-13(24-14(2,3)22-12)15(21-8,23-11)5-9(17)19-4/h8,10-13,18H,5-6H2,1-4H3/t8-,10-,11?,12-,13-,15?/m1/s1. The second kappa shape index (κ2) is 5.92. The van der Waals surface area contributed by atoms with Gasteiger partial charge in [-0.15, -0.1) is 0 Å². The van der Waals surface area contributed by atoms with Crippen LogP contribution in [0.3, 0.4) is 0 Å². The van der Waals surface area contributed by atoms with Crippen molar-refractivity contribution >= 4 is 11.9 Å². The molecule has 9 heteroatoms. The van der Waals surface area contributed by atoms with E-state index in [4.69, 9.17) is 28.4 Å². The van der Waals surface area contributed by atoms with E-state index in [0.717, 1.165) is 0 Å². The summed E-state index contributed by atoms with van der Waals surface area (Å²) in [5.41, 5.74) is 0. The molecule has 3 saturated heterocycles. The zero-order valence-corrected chi connectivity index (χ0v) is 14.0. The molecule has 3 aliphatic heterocycles. The molecule has 3 rings (SSSR count). The van der Waals surface area contributed by atoms with Crippen molar-refractivity contribution in [2.45, 2.75) is 69.3 Å². The Morgan fingerprint density at radius 2 is 1.83 bits per heavy atom. The summed E-state index contributed by atoms with van der Waals surface area (Å²) in [6.07, 6.45) is -4.39. The van der Waals surface area contributed by atoms with Gasteiger partial charge in [0, 0.05) is 6.92 Å². The molecule has 0 aliphatic carbocycles. The highest BCUT2D eigenvalue weighted by molar-refractivity contribution is 5.70. The first-order valence-electron chi connectivity index (χ1n) is 7.77. The van der Waals surface area contributed by atoms with Gasteiger partial charge in [0.15, 0.2) is 5.79 Å². The van der Waals surface area contributed by atoms with Crippen LogP contribution in [0.5, 0.6) is 0 Å². The highest BCUT2D eigenvalue weighted by Crippen LogP contribution is 2.50. The van der Waals surface area contributed by atoms with Gasteiger partial charge in [-0.1, -0.05) is 0 Å². The molecule has 2 unspecified atom stereocenters. The van der Waals surface area contributed by atoms with E-state index in [-0.39, 0.29) is 13.0 Å². The SMILES string of the molecule is COC(=O)CC12OC([C@@H](O)[C@H]3OC(C)(C)O[C@H]31)[C@@H](COC(C)=O)O2. The fourth-order valence-electron chi connectivity index (χ4n) is 3.43. The number of aliphatic hydroxyl groups is 1. The minimum absolute atomic E-state index is 0.108. The van der Waals surface area contributed by atoms with E-state index in [1.807, 2.05) is 0 Å². The van der Waals surface area contributed by atoms with Gasteiger partial charge in [0.2, 0.25) is 5.79 Å². The maximum atomic E-state index is 11.8. The van der Waals surface area contributed by atoms with E-state index in [9.17, 15) is 14.7 Å². The third-order valence-electron chi connectivity index (χ3n) is 4.36. The zero-order chi connectivity index (χ0) is 17.7. The zero-order valence-electron chi connectivity index (χ0n) is 14.0. The van der Waals surface area contributed by atoms with Crippen LogP contribution < -0.4 is 0 Å². The number of carbonyl (C=O) groups is 2. The van der Waals surface area contributed by atoms with Crippen molar-refractivity contribution < 1.29 is 43.1 Å². The summed E-state index contributed by atoms with van der Waals surface area (Å²) in [7, 11) is 1.26. The molecule has 3 aliphatic rings. The molecule has 1 N–H and O–H groups in total. The predicted octanol–water partition coefficient (Wildman–Crippen LogP) is -0.512. The maximum Gasteiger partial charge on any atom is 0.311 e. The van der Waals surface area contributed by atoms with Gasteiger partial charge in [-0.25, -0.2) is 0 Å². The molecule has 6 atom stereocenters. The second-order valence-corrected chi connectivity index (χ2v) is 6.62. The molecule has 0 spiro atoms. The molecule has 0 aromatic rings. The van der Waals surface area contributed by atoms with Crippen molar-refractivity contribution in [3.63, 3.8) is 0 Å². The molecule has 0 aromatic heterocycles. The average molecular weight is 346 g/mol. The summed E-state index contributed by atoms with van der Waals surface area (Å²) in [4.78, 5) is 22.9. The number of hydrogen-bond donors (Lipinski definition) is 1. The average Bonchev–Trinajstić information content (AvgIpc) is 3.00.